The van der Waals surface area contributed by atoms with Crippen molar-refractivity contribution in [3.8, 4) is 0 Å². The minimum Gasteiger partial charge on any atom is -0.444 e. The van der Waals surface area contributed by atoms with Crippen molar-refractivity contribution in [1.82, 2.24) is 15.1 Å². The summed E-state index contributed by atoms with van der Waals surface area (Å²) in [4.78, 5) is 39.9. The number of nitrogens with one attached hydrogen (secondary N) is 1. The molecule has 1 unspecified atom stereocenters. The van der Waals surface area contributed by atoms with Gasteiger partial charge in [0.2, 0.25) is 11.8 Å². The molecule has 0 radical (unpaired) electrons. The quantitative estimate of drug-likeness (QED) is 0.840. The predicted octanol–water partition coefficient (Wildman–Crippen LogP) is 2.72. The minimum atomic E-state index is -0.533. The lowest BCUT2D eigenvalue weighted by atomic mass is 10.1. The van der Waals surface area contributed by atoms with Gasteiger partial charge in [0, 0.05) is 39.0 Å². The molecule has 7 nitrogen and oxygen atoms in total. The highest BCUT2D eigenvalue weighted by molar-refractivity contribution is 5.84. The number of rotatable bonds is 5. The zero-order valence-electron chi connectivity index (χ0n) is 17.2. The molecule has 1 aromatic carbocycles. The van der Waals surface area contributed by atoms with Crippen LogP contribution in [0.1, 0.15) is 52.1 Å². The molecule has 28 heavy (non-hydrogen) atoms. The third-order valence-electron chi connectivity index (χ3n) is 4.53. The van der Waals surface area contributed by atoms with E-state index in [0.717, 1.165) is 5.56 Å². The van der Waals surface area contributed by atoms with Crippen LogP contribution in [0.2, 0.25) is 0 Å². The van der Waals surface area contributed by atoms with Crippen molar-refractivity contribution < 1.29 is 19.1 Å². The second-order valence-electron chi connectivity index (χ2n) is 8.05. The van der Waals surface area contributed by atoms with Crippen LogP contribution in [0.4, 0.5) is 4.79 Å². The average Bonchev–Trinajstić information content (AvgIpc) is 2.65. The lowest BCUT2D eigenvalue weighted by Gasteiger charge is -2.35. The van der Waals surface area contributed by atoms with E-state index in [-0.39, 0.29) is 36.8 Å². The fourth-order valence-corrected chi connectivity index (χ4v) is 2.98. The zero-order valence-corrected chi connectivity index (χ0v) is 17.2. The number of ether oxygens (including phenoxy) is 1. The second-order valence-corrected chi connectivity index (χ2v) is 8.05. The lowest BCUT2D eigenvalue weighted by Crippen LogP contribution is -2.51. The van der Waals surface area contributed by atoms with Crippen molar-refractivity contribution in [2.24, 2.45) is 0 Å². The summed E-state index contributed by atoms with van der Waals surface area (Å²) in [6, 6.07) is 9.61. The Kier molecular flexibility index (Phi) is 7.43. The van der Waals surface area contributed by atoms with Gasteiger partial charge in [-0.1, -0.05) is 30.3 Å². The van der Waals surface area contributed by atoms with E-state index in [9.17, 15) is 14.4 Å². The third-order valence-corrected chi connectivity index (χ3v) is 4.53. The molecule has 1 aliphatic heterocycles. The summed E-state index contributed by atoms with van der Waals surface area (Å²) in [6.07, 6.45) is -0.0314. The van der Waals surface area contributed by atoms with Crippen LogP contribution in [-0.4, -0.2) is 59.5 Å². The molecule has 1 heterocycles. The Balaban J connectivity index is 1.71. The smallest absolute Gasteiger partial charge is 0.410 e. The molecule has 0 aliphatic carbocycles. The normalized spacial score (nSPS) is 15.7. The lowest BCUT2D eigenvalue weighted by molar-refractivity contribution is -0.135. The largest absolute Gasteiger partial charge is 0.444 e. The van der Waals surface area contributed by atoms with Crippen LogP contribution in [0.3, 0.4) is 0 Å². The van der Waals surface area contributed by atoms with Crippen LogP contribution in [0.25, 0.3) is 0 Å². The van der Waals surface area contributed by atoms with E-state index >= 15 is 0 Å². The van der Waals surface area contributed by atoms with Gasteiger partial charge in [0.1, 0.15) is 5.60 Å². The number of amides is 3. The van der Waals surface area contributed by atoms with Crippen molar-refractivity contribution in [3.05, 3.63) is 35.9 Å². The Hall–Kier alpha value is -2.57. The summed E-state index contributed by atoms with van der Waals surface area (Å²) >= 11 is 0. The van der Waals surface area contributed by atoms with Gasteiger partial charge in [0.25, 0.3) is 0 Å². The van der Waals surface area contributed by atoms with Gasteiger partial charge >= 0.3 is 6.09 Å². The molecule has 0 saturated carbocycles. The number of piperazine rings is 1. The van der Waals surface area contributed by atoms with Crippen molar-refractivity contribution >= 4 is 17.9 Å². The van der Waals surface area contributed by atoms with E-state index < -0.39 is 5.60 Å². The van der Waals surface area contributed by atoms with Gasteiger partial charge in [-0.05, 0) is 33.3 Å². The first-order valence-electron chi connectivity index (χ1n) is 9.76. The van der Waals surface area contributed by atoms with Gasteiger partial charge in [-0.15, -0.1) is 0 Å². The maximum atomic E-state index is 12.4. The van der Waals surface area contributed by atoms with E-state index in [4.69, 9.17) is 4.74 Å². The fourth-order valence-electron chi connectivity index (χ4n) is 2.98. The standard InChI is InChI=1S/C21H31N3O4/c1-16(17-8-6-5-7-9-17)22-18(25)10-11-19(26)23-12-14-24(15-13-23)20(27)28-21(2,3)4/h5-9,16H,10-15H2,1-4H3,(H,22,25). The monoisotopic (exact) mass is 389 g/mol. The van der Waals surface area contributed by atoms with Gasteiger partial charge < -0.3 is 19.9 Å². The van der Waals surface area contributed by atoms with E-state index in [2.05, 4.69) is 5.32 Å². The van der Waals surface area contributed by atoms with Gasteiger partial charge in [0.05, 0.1) is 6.04 Å². The minimum absolute atomic E-state index is 0.0636. The van der Waals surface area contributed by atoms with Crippen LogP contribution < -0.4 is 5.32 Å². The molecule has 2 rings (SSSR count). The van der Waals surface area contributed by atoms with Crippen LogP contribution in [0.5, 0.6) is 0 Å². The SMILES string of the molecule is CC(NC(=O)CCC(=O)N1CCN(C(=O)OC(C)(C)C)CC1)c1ccccc1. The summed E-state index contributed by atoms with van der Waals surface area (Å²) < 4.78 is 5.36. The molecule has 3 amide bonds. The van der Waals surface area contributed by atoms with Crippen molar-refractivity contribution in [3.63, 3.8) is 0 Å². The Morgan fingerprint density at radius 1 is 1.00 bits per heavy atom. The van der Waals surface area contributed by atoms with Crippen LogP contribution in [-0.2, 0) is 14.3 Å². The molecule has 1 saturated heterocycles. The summed E-state index contributed by atoms with van der Waals surface area (Å²) in [6.45, 7) is 9.21. The van der Waals surface area contributed by atoms with Crippen LogP contribution in [0, 0.1) is 0 Å². The van der Waals surface area contributed by atoms with Crippen molar-refractivity contribution in [1.29, 1.82) is 0 Å². The van der Waals surface area contributed by atoms with E-state index in [1.165, 1.54) is 0 Å². The summed E-state index contributed by atoms with van der Waals surface area (Å²) in [5, 5.41) is 2.92. The third kappa shape index (κ3) is 6.87. The van der Waals surface area contributed by atoms with E-state index in [1.54, 1.807) is 9.80 Å². The highest BCUT2D eigenvalue weighted by atomic mass is 16.6. The van der Waals surface area contributed by atoms with Crippen LogP contribution >= 0.6 is 0 Å². The number of hydrogen-bond acceptors (Lipinski definition) is 4. The maximum absolute atomic E-state index is 12.4. The summed E-state index contributed by atoms with van der Waals surface area (Å²) in [5.74, 6) is -0.205. The van der Waals surface area contributed by atoms with E-state index in [1.807, 2.05) is 58.0 Å². The van der Waals surface area contributed by atoms with Gasteiger partial charge in [-0.3, -0.25) is 9.59 Å². The highest BCUT2D eigenvalue weighted by Gasteiger charge is 2.27. The molecule has 0 bridgehead atoms. The summed E-state index contributed by atoms with van der Waals surface area (Å²) in [7, 11) is 0. The van der Waals surface area contributed by atoms with Gasteiger partial charge in [-0.2, -0.15) is 0 Å². The van der Waals surface area contributed by atoms with Crippen LogP contribution in [0.15, 0.2) is 30.3 Å². The van der Waals surface area contributed by atoms with E-state index in [0.29, 0.717) is 26.2 Å². The fraction of sp³-hybridized carbons (Fsp3) is 0.571. The molecule has 1 N–H and O–H groups in total. The first-order chi connectivity index (χ1) is 13.2. The van der Waals surface area contributed by atoms with Crippen molar-refractivity contribution in [2.75, 3.05) is 26.2 Å². The Labute approximate surface area is 167 Å². The molecule has 1 fully saturated rings. The Bertz CT molecular complexity index is 677. The molecule has 1 atom stereocenters. The van der Waals surface area contributed by atoms with Crippen molar-refractivity contribution in [2.45, 2.75) is 52.2 Å². The number of hydrogen-bond donors (Lipinski definition) is 1. The molecule has 154 valence electrons. The van der Waals surface area contributed by atoms with Gasteiger partial charge in [-0.25, -0.2) is 4.79 Å². The number of carbonyl (C=O) groups excluding carboxylic acids is 3. The molecule has 1 aromatic rings. The molecule has 0 aromatic heterocycles. The highest BCUT2D eigenvalue weighted by Crippen LogP contribution is 2.14. The molecule has 1 aliphatic rings. The second kappa shape index (κ2) is 9.57. The number of nitrogens with zero attached hydrogens (tertiary/aromatic N) is 2. The Morgan fingerprint density at radius 3 is 2.14 bits per heavy atom. The maximum Gasteiger partial charge on any atom is 0.410 e. The topological polar surface area (TPSA) is 79.0 Å². The summed E-state index contributed by atoms with van der Waals surface area (Å²) in [5.41, 5.74) is 0.495. The van der Waals surface area contributed by atoms with Gasteiger partial charge in [0.15, 0.2) is 0 Å². The zero-order chi connectivity index (χ0) is 20.7. The first kappa shape index (κ1) is 21.7. The Morgan fingerprint density at radius 2 is 1.57 bits per heavy atom. The molecular formula is C21H31N3O4. The molecule has 7 heteroatoms. The number of benzene rings is 1. The predicted molar refractivity (Wildman–Crippen MR) is 107 cm³/mol. The number of carbonyl (C=O) groups is 3. The molecular weight excluding hydrogens is 358 g/mol. The first-order valence-corrected chi connectivity index (χ1v) is 9.76. The molecule has 0 spiro atoms. The average molecular weight is 389 g/mol.